The van der Waals surface area contributed by atoms with Crippen LogP contribution in [0.4, 0.5) is 11.8 Å². The van der Waals surface area contributed by atoms with Crippen molar-refractivity contribution in [1.82, 2.24) is 19.9 Å². The van der Waals surface area contributed by atoms with Gasteiger partial charge >= 0.3 is 0 Å². The number of hydrogen-bond acceptors (Lipinski definition) is 5. The molecule has 0 atom stereocenters. The minimum absolute atomic E-state index is 0.205. The van der Waals surface area contributed by atoms with Gasteiger partial charge in [-0.15, -0.1) is 0 Å². The Hall–Kier alpha value is -3.41. The largest absolute Gasteiger partial charge is 0.368 e. The zero-order valence-corrected chi connectivity index (χ0v) is 12.9. The number of hydrogen-bond donors (Lipinski definition) is 3. The second kappa shape index (κ2) is 6.00. The van der Waals surface area contributed by atoms with E-state index in [0.717, 1.165) is 11.1 Å². The smallest absolute Gasteiger partial charge is 0.224 e. The van der Waals surface area contributed by atoms with E-state index in [1.807, 2.05) is 18.2 Å². The van der Waals surface area contributed by atoms with Crippen LogP contribution >= 0.6 is 0 Å². The van der Waals surface area contributed by atoms with E-state index < -0.39 is 0 Å². The van der Waals surface area contributed by atoms with Crippen LogP contribution in [0, 0.1) is 0 Å². The lowest BCUT2D eigenvalue weighted by atomic mass is 10.0. The summed E-state index contributed by atoms with van der Waals surface area (Å²) in [4.78, 5) is 15.5. The molecule has 4 N–H and O–H groups in total. The average molecular weight is 316 g/mol. The lowest BCUT2D eigenvalue weighted by molar-refractivity contribution is 1.10. The van der Waals surface area contributed by atoms with Gasteiger partial charge in [0.25, 0.3) is 0 Å². The van der Waals surface area contributed by atoms with Crippen molar-refractivity contribution in [1.29, 1.82) is 0 Å². The molecular formula is C18H16N6. The second-order valence-electron chi connectivity index (χ2n) is 5.45. The van der Waals surface area contributed by atoms with E-state index in [1.54, 1.807) is 6.33 Å². The molecule has 0 aliphatic rings. The maximum atomic E-state index is 5.72. The van der Waals surface area contributed by atoms with E-state index in [2.05, 4.69) is 61.7 Å². The summed E-state index contributed by atoms with van der Waals surface area (Å²) < 4.78 is 0. The number of fused-ring (bicyclic) bond motifs is 1. The summed E-state index contributed by atoms with van der Waals surface area (Å²) in [7, 11) is 0. The van der Waals surface area contributed by atoms with E-state index in [-0.39, 0.29) is 5.95 Å². The number of nitrogen functional groups attached to an aromatic ring is 1. The number of rotatable bonds is 4. The van der Waals surface area contributed by atoms with Crippen molar-refractivity contribution in [2.75, 3.05) is 11.1 Å². The molecule has 6 heteroatoms. The number of nitrogens with zero attached hydrogens (tertiary/aromatic N) is 3. The third kappa shape index (κ3) is 2.77. The Morgan fingerprint density at radius 2 is 1.67 bits per heavy atom. The first-order chi connectivity index (χ1) is 11.8. The van der Waals surface area contributed by atoms with Crippen molar-refractivity contribution >= 4 is 22.9 Å². The standard InChI is InChI=1S/C18H16N6/c19-18-23-16(15-17(24-18)22-11-21-15)20-10-12-6-8-14(9-7-12)13-4-2-1-3-5-13/h1-9,11H,10H2,(H4,19,20,21,22,23,24). The van der Waals surface area contributed by atoms with Crippen molar-refractivity contribution in [2.24, 2.45) is 0 Å². The van der Waals surface area contributed by atoms with Crippen LogP contribution in [0.2, 0.25) is 0 Å². The summed E-state index contributed by atoms with van der Waals surface area (Å²) in [5.74, 6) is 0.860. The maximum Gasteiger partial charge on any atom is 0.224 e. The van der Waals surface area contributed by atoms with Gasteiger partial charge in [-0.3, -0.25) is 0 Å². The van der Waals surface area contributed by atoms with Crippen LogP contribution < -0.4 is 11.1 Å². The Kier molecular flexibility index (Phi) is 3.55. The molecule has 4 rings (SSSR count). The third-order valence-electron chi connectivity index (χ3n) is 3.82. The van der Waals surface area contributed by atoms with Gasteiger partial charge in [0, 0.05) is 6.54 Å². The Balaban J connectivity index is 1.52. The number of aromatic nitrogens is 4. The predicted molar refractivity (Wildman–Crippen MR) is 95.3 cm³/mol. The van der Waals surface area contributed by atoms with Crippen LogP contribution in [0.5, 0.6) is 0 Å². The molecule has 0 unspecified atom stereocenters. The number of anilines is 2. The molecule has 0 aliphatic heterocycles. The number of imidazole rings is 1. The highest BCUT2D eigenvalue weighted by molar-refractivity contribution is 5.83. The van der Waals surface area contributed by atoms with Crippen molar-refractivity contribution in [3.8, 4) is 11.1 Å². The molecule has 0 bridgehead atoms. The van der Waals surface area contributed by atoms with Crippen molar-refractivity contribution in [3.63, 3.8) is 0 Å². The fourth-order valence-corrected chi connectivity index (χ4v) is 2.61. The molecule has 0 saturated carbocycles. The lowest BCUT2D eigenvalue weighted by Gasteiger charge is -2.08. The normalized spacial score (nSPS) is 10.8. The molecular weight excluding hydrogens is 300 g/mol. The highest BCUT2D eigenvalue weighted by Gasteiger charge is 2.08. The van der Waals surface area contributed by atoms with E-state index in [1.165, 1.54) is 11.1 Å². The van der Waals surface area contributed by atoms with Crippen LogP contribution in [0.3, 0.4) is 0 Å². The van der Waals surface area contributed by atoms with Crippen LogP contribution in [0.1, 0.15) is 5.56 Å². The van der Waals surface area contributed by atoms with Gasteiger partial charge in [-0.2, -0.15) is 9.97 Å². The summed E-state index contributed by atoms with van der Waals surface area (Å²) in [5, 5.41) is 3.29. The molecule has 0 amide bonds. The Morgan fingerprint density at radius 3 is 2.46 bits per heavy atom. The molecule has 24 heavy (non-hydrogen) atoms. The zero-order valence-electron chi connectivity index (χ0n) is 12.9. The molecule has 0 radical (unpaired) electrons. The zero-order chi connectivity index (χ0) is 16.4. The minimum Gasteiger partial charge on any atom is -0.368 e. The molecule has 0 saturated heterocycles. The summed E-state index contributed by atoms with van der Waals surface area (Å²) in [6.45, 7) is 0.639. The van der Waals surface area contributed by atoms with E-state index in [4.69, 9.17) is 5.73 Å². The predicted octanol–water partition coefficient (Wildman–Crippen LogP) is 3.21. The van der Waals surface area contributed by atoms with Crippen molar-refractivity contribution in [2.45, 2.75) is 6.54 Å². The lowest BCUT2D eigenvalue weighted by Crippen LogP contribution is -2.05. The first-order valence-corrected chi connectivity index (χ1v) is 7.64. The first-order valence-electron chi connectivity index (χ1n) is 7.64. The number of nitrogens with two attached hydrogens (primary N) is 1. The first kappa shape index (κ1) is 14.2. The third-order valence-corrected chi connectivity index (χ3v) is 3.82. The van der Waals surface area contributed by atoms with Crippen molar-refractivity contribution < 1.29 is 0 Å². The van der Waals surface area contributed by atoms with Crippen LogP contribution in [0.25, 0.3) is 22.3 Å². The second-order valence-corrected chi connectivity index (χ2v) is 5.45. The fourth-order valence-electron chi connectivity index (χ4n) is 2.61. The molecule has 0 spiro atoms. The van der Waals surface area contributed by atoms with E-state index in [0.29, 0.717) is 18.0 Å². The minimum atomic E-state index is 0.205. The van der Waals surface area contributed by atoms with Gasteiger partial charge in [0.15, 0.2) is 11.5 Å². The van der Waals surface area contributed by atoms with Crippen LogP contribution in [-0.4, -0.2) is 19.9 Å². The molecule has 6 nitrogen and oxygen atoms in total. The Labute approximate surface area is 138 Å². The molecule has 2 aromatic heterocycles. The summed E-state index contributed by atoms with van der Waals surface area (Å²) in [6, 6.07) is 18.7. The molecule has 0 aliphatic carbocycles. The van der Waals surface area contributed by atoms with Gasteiger partial charge in [-0.25, -0.2) is 4.98 Å². The molecule has 118 valence electrons. The van der Waals surface area contributed by atoms with E-state index >= 15 is 0 Å². The summed E-state index contributed by atoms with van der Waals surface area (Å²) in [5.41, 5.74) is 10.6. The monoisotopic (exact) mass is 316 g/mol. The van der Waals surface area contributed by atoms with Gasteiger partial charge in [0.2, 0.25) is 5.95 Å². The Morgan fingerprint density at radius 1 is 0.917 bits per heavy atom. The van der Waals surface area contributed by atoms with Gasteiger partial charge in [0.1, 0.15) is 5.52 Å². The number of H-pyrrole nitrogens is 1. The summed E-state index contributed by atoms with van der Waals surface area (Å²) >= 11 is 0. The number of aromatic amines is 1. The highest BCUT2D eigenvalue weighted by Crippen LogP contribution is 2.21. The average Bonchev–Trinajstić information content (AvgIpc) is 3.09. The topological polar surface area (TPSA) is 92.5 Å². The van der Waals surface area contributed by atoms with Gasteiger partial charge in [0.05, 0.1) is 6.33 Å². The molecule has 2 aromatic carbocycles. The fraction of sp³-hybridized carbons (Fsp3) is 0.0556. The summed E-state index contributed by atoms with van der Waals surface area (Å²) in [6.07, 6.45) is 1.58. The van der Waals surface area contributed by atoms with E-state index in [9.17, 15) is 0 Å². The maximum absolute atomic E-state index is 5.72. The SMILES string of the molecule is Nc1nc(NCc2ccc(-c3ccccc3)cc2)c2[nH]cnc2n1. The number of benzene rings is 2. The van der Waals surface area contributed by atoms with Gasteiger partial charge < -0.3 is 16.0 Å². The van der Waals surface area contributed by atoms with Crippen LogP contribution in [0.15, 0.2) is 60.9 Å². The quantitative estimate of drug-likeness (QED) is 0.537. The number of nitrogens with one attached hydrogen (secondary N) is 2. The van der Waals surface area contributed by atoms with Crippen LogP contribution in [-0.2, 0) is 6.54 Å². The highest BCUT2D eigenvalue weighted by atomic mass is 15.1. The molecule has 0 fully saturated rings. The Bertz CT molecular complexity index is 960. The van der Waals surface area contributed by atoms with Gasteiger partial charge in [-0.05, 0) is 16.7 Å². The van der Waals surface area contributed by atoms with Crippen molar-refractivity contribution in [3.05, 3.63) is 66.5 Å². The molecule has 2 heterocycles. The molecule has 4 aromatic rings. The van der Waals surface area contributed by atoms with Gasteiger partial charge in [-0.1, -0.05) is 54.6 Å².